The number of hydrogen-bond acceptors (Lipinski definition) is 4. The van der Waals surface area contributed by atoms with E-state index in [0.717, 1.165) is 5.56 Å². The summed E-state index contributed by atoms with van der Waals surface area (Å²) in [6.45, 7) is 1.67. The Labute approximate surface area is 93.5 Å². The highest BCUT2D eigenvalue weighted by Crippen LogP contribution is 2.25. The van der Waals surface area contributed by atoms with E-state index < -0.39 is 30.2 Å². The average Bonchev–Trinajstić information content (AvgIpc) is 2.25. The van der Waals surface area contributed by atoms with Gasteiger partial charge >= 0.3 is 0 Å². The maximum absolute atomic E-state index is 10.8. The summed E-state index contributed by atoms with van der Waals surface area (Å²) in [5.74, 6) is -4.21. The van der Waals surface area contributed by atoms with E-state index >= 15 is 0 Å². The fourth-order valence-corrected chi connectivity index (χ4v) is 1.63. The van der Waals surface area contributed by atoms with Crippen LogP contribution in [0.15, 0.2) is 30.3 Å². The summed E-state index contributed by atoms with van der Waals surface area (Å²) in [7, 11) is 0. The number of carboxylic acids is 2. The Balaban J connectivity index is 2.87. The van der Waals surface area contributed by atoms with E-state index in [0.29, 0.717) is 0 Å². The van der Waals surface area contributed by atoms with Crippen LogP contribution in [0, 0.1) is 5.92 Å². The van der Waals surface area contributed by atoms with E-state index in [1.54, 1.807) is 31.2 Å². The molecule has 86 valence electrons. The van der Waals surface area contributed by atoms with Crippen molar-refractivity contribution in [1.82, 2.24) is 0 Å². The Bertz CT molecular complexity index is 372. The van der Waals surface area contributed by atoms with Crippen molar-refractivity contribution in [3.8, 4) is 0 Å². The van der Waals surface area contributed by atoms with Crippen LogP contribution in [0.2, 0.25) is 0 Å². The zero-order valence-electron chi connectivity index (χ0n) is 8.88. The van der Waals surface area contributed by atoms with E-state index in [-0.39, 0.29) is 0 Å². The molecule has 4 heteroatoms. The lowest BCUT2D eigenvalue weighted by molar-refractivity contribution is -0.321. The number of carbonyl (C=O) groups excluding carboxylic acids is 2. The van der Waals surface area contributed by atoms with Gasteiger partial charge in [-0.1, -0.05) is 37.3 Å². The van der Waals surface area contributed by atoms with Crippen LogP contribution < -0.4 is 10.2 Å². The third-order valence-corrected chi connectivity index (χ3v) is 2.62. The standard InChI is InChI=1S/C12H14O4/c1-8(9-5-3-2-4-6-9)10(12(15)16)7-11(13)14/h2-6,8,10H,7H2,1H3,(H,13,14)(H,15,16)/p-2/t8-,10-/m0/s1. The molecule has 0 saturated heterocycles. The molecule has 2 atom stereocenters. The van der Waals surface area contributed by atoms with Crippen LogP contribution in [0.25, 0.3) is 0 Å². The molecule has 0 radical (unpaired) electrons. The summed E-state index contributed by atoms with van der Waals surface area (Å²) < 4.78 is 0. The molecule has 1 rings (SSSR count). The Hall–Kier alpha value is -1.84. The lowest BCUT2D eigenvalue weighted by Gasteiger charge is -2.25. The van der Waals surface area contributed by atoms with Gasteiger partial charge in [-0.25, -0.2) is 0 Å². The minimum atomic E-state index is -1.38. The molecule has 4 nitrogen and oxygen atoms in total. The molecule has 1 aromatic carbocycles. The first-order valence-corrected chi connectivity index (χ1v) is 4.98. The molecule has 1 aromatic rings. The average molecular weight is 220 g/mol. The molecule has 0 aromatic heterocycles. The lowest BCUT2D eigenvalue weighted by Crippen LogP contribution is -2.38. The molecule has 0 amide bonds. The first kappa shape index (κ1) is 12.2. The first-order valence-electron chi connectivity index (χ1n) is 4.98. The van der Waals surface area contributed by atoms with Crippen molar-refractivity contribution in [1.29, 1.82) is 0 Å². The van der Waals surface area contributed by atoms with Gasteiger partial charge in [-0.15, -0.1) is 0 Å². The normalized spacial score (nSPS) is 14.1. The van der Waals surface area contributed by atoms with Crippen molar-refractivity contribution >= 4 is 11.9 Å². The molecule has 0 saturated carbocycles. The summed E-state index contributed by atoms with van der Waals surface area (Å²) in [5.41, 5.74) is 0.776. The van der Waals surface area contributed by atoms with E-state index in [1.807, 2.05) is 6.07 Å². The van der Waals surface area contributed by atoms with Crippen LogP contribution in [0.1, 0.15) is 24.8 Å². The summed E-state index contributed by atoms with van der Waals surface area (Å²) in [6.07, 6.45) is -0.529. The van der Waals surface area contributed by atoms with Crippen LogP contribution in [0.4, 0.5) is 0 Å². The van der Waals surface area contributed by atoms with Crippen molar-refractivity contribution in [2.24, 2.45) is 5.92 Å². The minimum absolute atomic E-state index is 0.413. The largest absolute Gasteiger partial charge is 0.550 e. The number of carboxylic acid groups (broad SMARTS) is 2. The van der Waals surface area contributed by atoms with E-state index in [4.69, 9.17) is 0 Å². The van der Waals surface area contributed by atoms with Crippen molar-refractivity contribution in [3.05, 3.63) is 35.9 Å². The minimum Gasteiger partial charge on any atom is -0.550 e. The Morgan fingerprint density at radius 3 is 2.19 bits per heavy atom. The second-order valence-electron chi connectivity index (χ2n) is 3.70. The summed E-state index contributed by atoms with van der Waals surface area (Å²) >= 11 is 0. The second kappa shape index (κ2) is 5.30. The van der Waals surface area contributed by atoms with Gasteiger partial charge < -0.3 is 19.8 Å². The van der Waals surface area contributed by atoms with Crippen LogP contribution in [-0.2, 0) is 9.59 Å². The number of aliphatic carboxylic acids is 2. The zero-order valence-corrected chi connectivity index (χ0v) is 8.88. The Kier molecular flexibility index (Phi) is 4.05. The van der Waals surface area contributed by atoms with Gasteiger partial charge in [0.25, 0.3) is 0 Å². The Morgan fingerprint density at radius 2 is 1.75 bits per heavy atom. The number of benzene rings is 1. The van der Waals surface area contributed by atoms with Gasteiger partial charge in [0.15, 0.2) is 0 Å². The predicted molar refractivity (Wildman–Crippen MR) is 53.0 cm³/mol. The number of hydrogen-bond donors (Lipinski definition) is 0. The molecule has 0 bridgehead atoms. The highest BCUT2D eigenvalue weighted by atomic mass is 16.4. The van der Waals surface area contributed by atoms with Crippen molar-refractivity contribution in [2.75, 3.05) is 0 Å². The first-order chi connectivity index (χ1) is 7.52. The van der Waals surface area contributed by atoms with Gasteiger partial charge in [0.1, 0.15) is 0 Å². The van der Waals surface area contributed by atoms with Crippen LogP contribution in [0.5, 0.6) is 0 Å². The van der Waals surface area contributed by atoms with Gasteiger partial charge in [0, 0.05) is 17.9 Å². The fourth-order valence-electron chi connectivity index (χ4n) is 1.63. The molecule has 0 heterocycles. The van der Waals surface area contributed by atoms with Crippen LogP contribution in [-0.4, -0.2) is 11.9 Å². The molecule has 16 heavy (non-hydrogen) atoms. The van der Waals surface area contributed by atoms with Gasteiger partial charge in [-0.3, -0.25) is 0 Å². The lowest BCUT2D eigenvalue weighted by atomic mass is 9.85. The molecule has 0 spiro atoms. The highest BCUT2D eigenvalue weighted by molar-refractivity contribution is 5.76. The summed E-state index contributed by atoms with van der Waals surface area (Å²) in [6, 6.07) is 8.88. The molecular formula is C12H12O4-2. The van der Waals surface area contributed by atoms with Gasteiger partial charge in [-0.2, -0.15) is 0 Å². The summed E-state index contributed by atoms with van der Waals surface area (Å²) in [5, 5.41) is 21.3. The SMILES string of the molecule is C[C@@H](c1ccccc1)[C@H](CC(=O)[O-])C(=O)[O-]. The highest BCUT2D eigenvalue weighted by Gasteiger charge is 2.20. The van der Waals surface area contributed by atoms with Gasteiger partial charge in [-0.05, 0) is 17.9 Å². The second-order valence-corrected chi connectivity index (χ2v) is 3.70. The molecule has 0 aliphatic rings. The molecule has 0 unspecified atom stereocenters. The van der Waals surface area contributed by atoms with E-state index in [9.17, 15) is 19.8 Å². The maximum atomic E-state index is 10.8. The van der Waals surface area contributed by atoms with Crippen LogP contribution >= 0.6 is 0 Å². The maximum Gasteiger partial charge on any atom is 0.0455 e. The van der Waals surface area contributed by atoms with Crippen molar-refractivity contribution < 1.29 is 19.8 Å². The molecular weight excluding hydrogens is 208 g/mol. The topological polar surface area (TPSA) is 80.3 Å². The van der Waals surface area contributed by atoms with E-state index in [1.165, 1.54) is 0 Å². The zero-order chi connectivity index (χ0) is 12.1. The van der Waals surface area contributed by atoms with Crippen molar-refractivity contribution in [2.45, 2.75) is 19.3 Å². The molecule has 0 aliphatic heterocycles. The fraction of sp³-hybridized carbons (Fsp3) is 0.333. The summed E-state index contributed by atoms with van der Waals surface area (Å²) in [4.78, 5) is 21.3. The molecule has 0 fully saturated rings. The smallest absolute Gasteiger partial charge is 0.0455 e. The van der Waals surface area contributed by atoms with Gasteiger partial charge in [0.05, 0.1) is 0 Å². The number of rotatable bonds is 5. The quantitative estimate of drug-likeness (QED) is 0.657. The van der Waals surface area contributed by atoms with Crippen molar-refractivity contribution in [3.63, 3.8) is 0 Å². The number of carbonyl (C=O) groups is 2. The monoisotopic (exact) mass is 220 g/mol. The van der Waals surface area contributed by atoms with E-state index in [2.05, 4.69) is 0 Å². The van der Waals surface area contributed by atoms with Crippen LogP contribution in [0.3, 0.4) is 0 Å². The molecule has 0 aliphatic carbocycles. The predicted octanol–water partition coefficient (Wildman–Crippen LogP) is -0.704. The van der Waals surface area contributed by atoms with Gasteiger partial charge in [0.2, 0.25) is 0 Å². The molecule has 0 N–H and O–H groups in total. The third-order valence-electron chi connectivity index (χ3n) is 2.62. The third kappa shape index (κ3) is 3.08. The Morgan fingerprint density at radius 1 is 1.19 bits per heavy atom.